The molecule has 1 aliphatic carbocycles. The monoisotopic (exact) mass is 544 g/mol. The summed E-state index contributed by atoms with van der Waals surface area (Å²) >= 11 is 6.28. The van der Waals surface area contributed by atoms with E-state index in [0.29, 0.717) is 61.3 Å². The Bertz CT molecular complexity index is 1700. The van der Waals surface area contributed by atoms with Crippen LogP contribution in [0.3, 0.4) is 0 Å². The van der Waals surface area contributed by atoms with E-state index in [-0.39, 0.29) is 12.1 Å². The number of tetrazole rings is 1. The van der Waals surface area contributed by atoms with E-state index in [2.05, 4.69) is 25.5 Å². The quantitative estimate of drug-likeness (QED) is 0.224. The van der Waals surface area contributed by atoms with Crippen molar-refractivity contribution in [2.45, 2.75) is 18.4 Å². The SMILES string of the molecule is CN(C(=O)O)c1ccc(-c2ncc(C3(O)CCc4cc(-c5cc(Cl)ccc5-n5cnnn5)c[n+]([O-])c43)[nH]2)cc1. The van der Waals surface area contributed by atoms with Crippen LogP contribution in [-0.4, -0.2) is 53.5 Å². The van der Waals surface area contributed by atoms with Crippen molar-refractivity contribution in [2.24, 2.45) is 0 Å². The van der Waals surface area contributed by atoms with E-state index in [0.717, 1.165) is 4.90 Å². The average molecular weight is 545 g/mol. The number of carbonyl (C=O) groups is 1. The van der Waals surface area contributed by atoms with Gasteiger partial charge in [0.05, 0.1) is 17.6 Å². The van der Waals surface area contributed by atoms with Crippen molar-refractivity contribution >= 4 is 23.4 Å². The minimum absolute atomic E-state index is 0.228. The molecular formula is C26H21ClN8O4. The number of imidazole rings is 1. The molecule has 0 aliphatic heterocycles. The molecule has 196 valence electrons. The number of nitrogens with one attached hydrogen (secondary N) is 1. The Morgan fingerprint density at radius 2 is 2.00 bits per heavy atom. The lowest BCUT2D eigenvalue weighted by Gasteiger charge is -2.21. The molecule has 6 rings (SSSR count). The predicted octanol–water partition coefficient (Wildman–Crippen LogP) is 3.30. The molecule has 0 fully saturated rings. The number of carboxylic acid groups (broad SMARTS) is 1. The normalized spacial score (nSPS) is 16.3. The number of aromatic amines is 1. The number of aliphatic hydroxyl groups is 1. The first-order chi connectivity index (χ1) is 18.7. The summed E-state index contributed by atoms with van der Waals surface area (Å²) in [6, 6.07) is 13.9. The van der Waals surface area contributed by atoms with Gasteiger partial charge < -0.3 is 20.4 Å². The molecule has 0 spiro atoms. The molecule has 1 atom stereocenters. The highest BCUT2D eigenvalue weighted by Crippen LogP contribution is 2.41. The Morgan fingerprint density at radius 1 is 1.21 bits per heavy atom. The number of rotatable bonds is 5. The van der Waals surface area contributed by atoms with Crippen LogP contribution in [0.4, 0.5) is 10.5 Å². The van der Waals surface area contributed by atoms with Crippen molar-refractivity contribution < 1.29 is 19.7 Å². The van der Waals surface area contributed by atoms with Gasteiger partial charge in [-0.2, -0.15) is 9.41 Å². The Morgan fingerprint density at radius 3 is 2.72 bits per heavy atom. The second-order valence-corrected chi connectivity index (χ2v) is 9.67. The zero-order chi connectivity index (χ0) is 27.3. The summed E-state index contributed by atoms with van der Waals surface area (Å²) in [5.74, 6) is 0.482. The molecule has 0 bridgehead atoms. The Hall–Kier alpha value is -4.81. The van der Waals surface area contributed by atoms with Gasteiger partial charge in [-0.25, -0.2) is 9.78 Å². The van der Waals surface area contributed by atoms with Gasteiger partial charge >= 0.3 is 6.09 Å². The molecule has 13 heteroatoms. The van der Waals surface area contributed by atoms with Crippen LogP contribution in [-0.2, 0) is 12.0 Å². The molecule has 5 aromatic rings. The lowest BCUT2D eigenvalue weighted by molar-refractivity contribution is -0.620. The number of hydrogen-bond donors (Lipinski definition) is 3. The zero-order valence-corrected chi connectivity index (χ0v) is 21.2. The summed E-state index contributed by atoms with van der Waals surface area (Å²) < 4.78 is 2.18. The van der Waals surface area contributed by atoms with Gasteiger partial charge in [0.1, 0.15) is 12.2 Å². The van der Waals surface area contributed by atoms with Gasteiger partial charge in [0.2, 0.25) is 5.69 Å². The number of aryl methyl sites for hydroxylation is 1. The van der Waals surface area contributed by atoms with Gasteiger partial charge in [0, 0.05) is 40.0 Å². The van der Waals surface area contributed by atoms with E-state index in [9.17, 15) is 15.1 Å². The van der Waals surface area contributed by atoms with Gasteiger partial charge in [-0.15, -0.1) is 5.10 Å². The predicted molar refractivity (Wildman–Crippen MR) is 140 cm³/mol. The molecule has 1 aliphatic rings. The molecule has 3 heterocycles. The fourth-order valence-corrected chi connectivity index (χ4v) is 5.12. The summed E-state index contributed by atoms with van der Waals surface area (Å²) in [7, 11) is 1.46. The molecule has 12 nitrogen and oxygen atoms in total. The van der Waals surface area contributed by atoms with Crippen LogP contribution in [0.5, 0.6) is 0 Å². The van der Waals surface area contributed by atoms with Gasteiger partial charge in [-0.3, -0.25) is 4.90 Å². The smallest absolute Gasteiger partial charge is 0.411 e. The number of amides is 1. The van der Waals surface area contributed by atoms with Crippen LogP contribution in [0.15, 0.2) is 67.3 Å². The third-order valence-electron chi connectivity index (χ3n) is 6.96. The van der Waals surface area contributed by atoms with E-state index < -0.39 is 11.7 Å². The van der Waals surface area contributed by atoms with Gasteiger partial charge in [-0.1, -0.05) is 11.6 Å². The first-order valence-corrected chi connectivity index (χ1v) is 12.3. The van der Waals surface area contributed by atoms with E-state index in [4.69, 9.17) is 16.7 Å². The summed E-state index contributed by atoms with van der Waals surface area (Å²) in [5.41, 5.74) is 2.87. The summed E-state index contributed by atoms with van der Waals surface area (Å²) in [6.07, 6.45) is 4.06. The third-order valence-corrected chi connectivity index (χ3v) is 7.20. The number of fused-ring (bicyclic) bond motifs is 1. The highest BCUT2D eigenvalue weighted by Gasteiger charge is 2.47. The molecule has 1 unspecified atom stereocenters. The standard InChI is InChI=1S/C26H21ClN8O4/c1-33(25(36)37)19-5-2-15(3-6-19)24-28-12-22(30-24)26(38)9-8-16-10-17(13-35(39)23(16)26)20-11-18(27)4-7-21(20)34-14-29-31-32-34/h2-7,10-14,38H,8-9H2,1H3,(H,28,30)(H,36,37). The highest BCUT2D eigenvalue weighted by molar-refractivity contribution is 6.31. The van der Waals surface area contributed by atoms with Crippen molar-refractivity contribution in [3.8, 4) is 28.2 Å². The van der Waals surface area contributed by atoms with Crippen LogP contribution in [0.2, 0.25) is 5.02 Å². The van der Waals surface area contributed by atoms with Crippen LogP contribution in [0.1, 0.15) is 23.4 Å². The fourth-order valence-electron chi connectivity index (χ4n) is 4.95. The van der Waals surface area contributed by atoms with Crippen molar-refractivity contribution in [1.29, 1.82) is 0 Å². The molecule has 3 aromatic heterocycles. The zero-order valence-electron chi connectivity index (χ0n) is 20.5. The molecule has 0 saturated carbocycles. The van der Waals surface area contributed by atoms with E-state index in [1.807, 2.05) is 6.07 Å². The van der Waals surface area contributed by atoms with Crippen LogP contribution in [0.25, 0.3) is 28.2 Å². The van der Waals surface area contributed by atoms with Crippen LogP contribution in [0, 0.1) is 5.21 Å². The average Bonchev–Trinajstić information content (AvgIpc) is 3.70. The first kappa shape index (κ1) is 24.5. The van der Waals surface area contributed by atoms with E-state index >= 15 is 0 Å². The summed E-state index contributed by atoms with van der Waals surface area (Å²) in [4.78, 5) is 19.9. The third kappa shape index (κ3) is 4.15. The maximum atomic E-state index is 13.4. The highest BCUT2D eigenvalue weighted by atomic mass is 35.5. The second kappa shape index (κ2) is 9.19. The molecule has 1 amide bonds. The lowest BCUT2D eigenvalue weighted by atomic mass is 9.96. The maximum absolute atomic E-state index is 13.4. The Balaban J connectivity index is 1.35. The van der Waals surface area contributed by atoms with Crippen LogP contribution < -0.4 is 9.63 Å². The minimum Gasteiger partial charge on any atom is -0.618 e. The number of aromatic nitrogens is 7. The number of benzene rings is 2. The number of hydrogen-bond acceptors (Lipinski definition) is 7. The van der Waals surface area contributed by atoms with E-state index in [1.165, 1.54) is 30.5 Å². The number of nitrogens with zero attached hydrogens (tertiary/aromatic N) is 7. The number of pyridine rings is 1. The first-order valence-electron chi connectivity index (χ1n) is 11.9. The van der Waals surface area contributed by atoms with Gasteiger partial charge in [-0.05, 0) is 71.8 Å². The summed E-state index contributed by atoms with van der Waals surface area (Å²) in [5, 5.41) is 46.1. The molecule has 3 N–H and O–H groups in total. The Kier molecular flexibility index (Phi) is 5.78. The lowest BCUT2D eigenvalue weighted by Crippen LogP contribution is -2.41. The molecule has 0 saturated heterocycles. The van der Waals surface area contributed by atoms with Crippen molar-refractivity contribution in [2.75, 3.05) is 11.9 Å². The maximum Gasteiger partial charge on any atom is 0.411 e. The van der Waals surface area contributed by atoms with Crippen molar-refractivity contribution in [1.82, 2.24) is 30.2 Å². The number of halogens is 1. The topological polar surface area (TPSA) is 160 Å². The summed E-state index contributed by atoms with van der Waals surface area (Å²) in [6.45, 7) is 0. The van der Waals surface area contributed by atoms with Gasteiger partial charge in [0.15, 0.2) is 11.8 Å². The van der Waals surface area contributed by atoms with Gasteiger partial charge in [0.25, 0.3) is 0 Å². The number of H-pyrrole nitrogens is 1. The molecule has 2 aromatic carbocycles. The Labute approximate surface area is 226 Å². The van der Waals surface area contributed by atoms with Crippen molar-refractivity contribution in [3.63, 3.8) is 0 Å². The van der Waals surface area contributed by atoms with Crippen LogP contribution >= 0.6 is 11.6 Å². The second-order valence-electron chi connectivity index (χ2n) is 9.24. The molecule has 39 heavy (non-hydrogen) atoms. The largest absolute Gasteiger partial charge is 0.618 e. The molecular weight excluding hydrogens is 524 g/mol. The molecule has 0 radical (unpaired) electrons. The minimum atomic E-state index is -1.57. The fraction of sp³-hybridized carbons (Fsp3) is 0.154. The van der Waals surface area contributed by atoms with Crippen molar-refractivity contribution in [3.05, 3.63) is 94.4 Å². The van der Waals surface area contributed by atoms with E-state index in [1.54, 1.807) is 42.5 Å². The number of anilines is 1.